The lowest BCUT2D eigenvalue weighted by Crippen LogP contribution is -2.46. The number of aromatic nitrogens is 5. The van der Waals surface area contributed by atoms with Gasteiger partial charge in [-0.1, -0.05) is 19.1 Å². The van der Waals surface area contributed by atoms with Crippen LogP contribution in [0.3, 0.4) is 0 Å². The lowest BCUT2D eigenvalue weighted by Gasteiger charge is -2.36. The Hall–Kier alpha value is -3.98. The molecule has 4 heterocycles. The molecule has 5 rings (SSSR count). The minimum atomic E-state index is -0.180. The summed E-state index contributed by atoms with van der Waals surface area (Å²) in [6, 6.07) is 11.9. The molecule has 180 valence electrons. The van der Waals surface area contributed by atoms with Gasteiger partial charge < -0.3 is 15.1 Å². The number of benzene rings is 1. The Morgan fingerprint density at radius 3 is 2.63 bits per heavy atom. The first-order chi connectivity index (χ1) is 17.1. The van der Waals surface area contributed by atoms with Crippen molar-refractivity contribution in [3.63, 3.8) is 0 Å². The normalized spacial score (nSPS) is 14.4. The molecule has 1 aliphatic rings. The Balaban J connectivity index is 1.46. The standard InChI is InChI=1S/C26H30N8O/c1-4-12-33-25(35)21-18-28-26(30-24(21)34(33)23-8-6-7-11-27-23)29-20-9-10-22(19(3)17-20)32-15-13-31(5-2)14-16-32/h4,6-11,17-18H,1,5,12-16H2,2-3H3,(H,28,29,30). The van der Waals surface area contributed by atoms with Crippen molar-refractivity contribution < 1.29 is 0 Å². The number of hydrogen-bond donors (Lipinski definition) is 1. The molecule has 0 amide bonds. The van der Waals surface area contributed by atoms with Crippen molar-refractivity contribution in [2.75, 3.05) is 42.9 Å². The van der Waals surface area contributed by atoms with Crippen LogP contribution in [-0.4, -0.2) is 61.9 Å². The fourth-order valence-electron chi connectivity index (χ4n) is 4.61. The molecule has 0 unspecified atom stereocenters. The zero-order valence-corrected chi connectivity index (χ0v) is 20.2. The highest BCUT2D eigenvalue weighted by Gasteiger charge is 2.19. The Morgan fingerprint density at radius 2 is 1.94 bits per heavy atom. The van der Waals surface area contributed by atoms with Crippen LogP contribution in [0, 0.1) is 6.92 Å². The second kappa shape index (κ2) is 9.71. The Bertz CT molecular complexity index is 1400. The Morgan fingerprint density at radius 1 is 1.11 bits per heavy atom. The van der Waals surface area contributed by atoms with Gasteiger partial charge >= 0.3 is 0 Å². The molecule has 9 heteroatoms. The van der Waals surface area contributed by atoms with E-state index in [1.165, 1.54) is 11.3 Å². The smallest absolute Gasteiger partial charge is 0.278 e. The van der Waals surface area contributed by atoms with E-state index >= 15 is 0 Å². The van der Waals surface area contributed by atoms with Crippen LogP contribution in [0.4, 0.5) is 17.3 Å². The number of piperazine rings is 1. The highest BCUT2D eigenvalue weighted by atomic mass is 16.1. The molecule has 1 N–H and O–H groups in total. The minimum Gasteiger partial charge on any atom is -0.369 e. The number of pyridine rings is 1. The summed E-state index contributed by atoms with van der Waals surface area (Å²) in [5, 5.41) is 3.74. The molecule has 1 saturated heterocycles. The first-order valence-corrected chi connectivity index (χ1v) is 11.9. The van der Waals surface area contributed by atoms with Crippen molar-refractivity contribution in [2.45, 2.75) is 20.4 Å². The molecule has 9 nitrogen and oxygen atoms in total. The van der Waals surface area contributed by atoms with Gasteiger partial charge in [0.2, 0.25) is 5.95 Å². The zero-order chi connectivity index (χ0) is 24.4. The third-order valence-electron chi connectivity index (χ3n) is 6.46. The molecule has 1 fully saturated rings. The van der Waals surface area contributed by atoms with Crippen LogP contribution in [0.2, 0.25) is 0 Å². The predicted octanol–water partition coefficient (Wildman–Crippen LogP) is 3.36. The molecule has 0 saturated carbocycles. The van der Waals surface area contributed by atoms with E-state index in [0.717, 1.165) is 38.4 Å². The number of anilines is 3. The van der Waals surface area contributed by atoms with E-state index in [0.29, 0.717) is 29.3 Å². The van der Waals surface area contributed by atoms with E-state index in [2.05, 4.69) is 63.7 Å². The van der Waals surface area contributed by atoms with Gasteiger partial charge in [-0.3, -0.25) is 4.79 Å². The summed E-state index contributed by atoms with van der Waals surface area (Å²) in [5.74, 6) is 1.02. The quantitative estimate of drug-likeness (QED) is 0.415. The SMILES string of the molecule is C=CCn1c(=O)c2cnc(Nc3ccc(N4CCN(CC)CC4)c(C)c3)nc2n1-c1ccccn1. The van der Waals surface area contributed by atoms with Crippen molar-refractivity contribution in [3.8, 4) is 5.82 Å². The molecule has 1 aromatic carbocycles. The van der Waals surface area contributed by atoms with E-state index in [1.807, 2.05) is 18.2 Å². The van der Waals surface area contributed by atoms with E-state index in [-0.39, 0.29) is 5.56 Å². The lowest BCUT2D eigenvalue weighted by molar-refractivity contribution is 0.271. The Kier molecular flexibility index (Phi) is 6.33. The van der Waals surface area contributed by atoms with Crippen LogP contribution < -0.4 is 15.8 Å². The summed E-state index contributed by atoms with van der Waals surface area (Å²) >= 11 is 0. The molecule has 0 aliphatic carbocycles. The lowest BCUT2D eigenvalue weighted by atomic mass is 10.1. The second-order valence-corrected chi connectivity index (χ2v) is 8.65. The third kappa shape index (κ3) is 4.42. The third-order valence-corrected chi connectivity index (χ3v) is 6.46. The summed E-state index contributed by atoms with van der Waals surface area (Å²) in [6.07, 6.45) is 4.94. The summed E-state index contributed by atoms with van der Waals surface area (Å²) in [4.78, 5) is 31.5. The molecule has 35 heavy (non-hydrogen) atoms. The summed E-state index contributed by atoms with van der Waals surface area (Å²) in [6.45, 7) is 13.8. The van der Waals surface area contributed by atoms with Crippen LogP contribution in [0.5, 0.6) is 0 Å². The monoisotopic (exact) mass is 470 g/mol. The van der Waals surface area contributed by atoms with E-state index in [9.17, 15) is 4.79 Å². The van der Waals surface area contributed by atoms with Gasteiger partial charge in [-0.05, 0) is 49.4 Å². The maximum absolute atomic E-state index is 13.0. The van der Waals surface area contributed by atoms with Gasteiger partial charge in [0.25, 0.3) is 5.56 Å². The first-order valence-electron chi connectivity index (χ1n) is 11.9. The summed E-state index contributed by atoms with van der Waals surface area (Å²) < 4.78 is 3.28. The van der Waals surface area contributed by atoms with Crippen LogP contribution in [0.15, 0.2) is 66.2 Å². The topological polar surface area (TPSA) is 84.1 Å². The minimum absolute atomic E-state index is 0.180. The van der Waals surface area contributed by atoms with Crippen LogP contribution >= 0.6 is 0 Å². The molecule has 0 radical (unpaired) electrons. The Labute approximate surface area is 204 Å². The number of hydrogen-bond acceptors (Lipinski definition) is 7. The molecule has 0 spiro atoms. The van der Waals surface area contributed by atoms with Crippen molar-refractivity contribution in [2.24, 2.45) is 0 Å². The second-order valence-electron chi connectivity index (χ2n) is 8.65. The molecule has 0 bridgehead atoms. The molecule has 3 aromatic heterocycles. The number of rotatable bonds is 7. The number of allylic oxidation sites excluding steroid dienone is 1. The average Bonchev–Trinajstić information content (AvgIpc) is 3.16. The molecular formula is C26H30N8O. The molecule has 1 aliphatic heterocycles. The van der Waals surface area contributed by atoms with Gasteiger partial charge in [0.15, 0.2) is 11.5 Å². The van der Waals surface area contributed by atoms with Gasteiger partial charge in [-0.25, -0.2) is 19.3 Å². The number of likely N-dealkylation sites (N-methyl/N-ethyl adjacent to an activating group) is 1. The zero-order valence-electron chi connectivity index (χ0n) is 20.2. The highest BCUT2D eigenvalue weighted by Crippen LogP contribution is 2.26. The van der Waals surface area contributed by atoms with Crippen molar-refractivity contribution >= 4 is 28.4 Å². The fourth-order valence-corrected chi connectivity index (χ4v) is 4.61. The van der Waals surface area contributed by atoms with Gasteiger partial charge in [-0.15, -0.1) is 6.58 Å². The molecular weight excluding hydrogens is 440 g/mol. The highest BCUT2D eigenvalue weighted by molar-refractivity contribution is 5.77. The van der Waals surface area contributed by atoms with Crippen LogP contribution in [0.25, 0.3) is 16.9 Å². The van der Waals surface area contributed by atoms with Gasteiger partial charge in [0.1, 0.15) is 5.39 Å². The molecule has 0 atom stereocenters. The number of fused-ring (bicyclic) bond motifs is 1. The largest absolute Gasteiger partial charge is 0.369 e. The van der Waals surface area contributed by atoms with E-state index < -0.39 is 0 Å². The maximum atomic E-state index is 13.0. The van der Waals surface area contributed by atoms with Gasteiger partial charge in [-0.2, -0.15) is 4.98 Å². The summed E-state index contributed by atoms with van der Waals surface area (Å²) in [7, 11) is 0. The van der Waals surface area contributed by atoms with Crippen molar-refractivity contribution in [1.29, 1.82) is 0 Å². The number of nitrogens with zero attached hydrogens (tertiary/aromatic N) is 7. The van der Waals surface area contributed by atoms with Crippen LogP contribution in [0.1, 0.15) is 12.5 Å². The fraction of sp³-hybridized carbons (Fsp3) is 0.308. The van der Waals surface area contributed by atoms with Gasteiger partial charge in [0.05, 0.1) is 6.54 Å². The van der Waals surface area contributed by atoms with E-state index in [1.54, 1.807) is 27.8 Å². The van der Waals surface area contributed by atoms with Gasteiger partial charge in [0, 0.05) is 49.9 Å². The maximum Gasteiger partial charge on any atom is 0.278 e. The number of aryl methyl sites for hydroxylation is 1. The van der Waals surface area contributed by atoms with Crippen LogP contribution in [-0.2, 0) is 6.54 Å². The van der Waals surface area contributed by atoms with Crippen molar-refractivity contribution in [1.82, 2.24) is 29.2 Å². The van der Waals surface area contributed by atoms with E-state index in [4.69, 9.17) is 4.98 Å². The average molecular weight is 471 g/mol. The molecule has 4 aromatic rings. The predicted molar refractivity (Wildman–Crippen MR) is 140 cm³/mol. The number of nitrogens with one attached hydrogen (secondary N) is 1. The van der Waals surface area contributed by atoms with Crippen molar-refractivity contribution in [3.05, 3.63) is 77.4 Å². The summed E-state index contributed by atoms with van der Waals surface area (Å²) in [5.41, 5.74) is 3.67. The first kappa shape index (κ1) is 22.8.